The van der Waals surface area contributed by atoms with Gasteiger partial charge in [-0.25, -0.2) is 10.0 Å². The minimum absolute atomic E-state index is 0.213. The second-order valence-electron chi connectivity index (χ2n) is 8.48. The van der Waals surface area contributed by atoms with Crippen LogP contribution in [0.25, 0.3) is 0 Å². The Labute approximate surface area is 250 Å². The van der Waals surface area contributed by atoms with Crippen LogP contribution in [0.4, 0.5) is 5.69 Å². The van der Waals surface area contributed by atoms with Crippen LogP contribution in [0.1, 0.15) is 38.1 Å². The molecule has 5 atom stereocenters. The normalized spacial score (nSPS) is 23.3. The van der Waals surface area contributed by atoms with E-state index in [0.29, 0.717) is 14.6 Å². The van der Waals surface area contributed by atoms with Crippen molar-refractivity contribution in [3.63, 3.8) is 0 Å². The van der Waals surface area contributed by atoms with Crippen LogP contribution in [0, 0.1) is 0 Å². The number of amidine groups is 1. The van der Waals surface area contributed by atoms with Gasteiger partial charge in [-0.05, 0) is 40.3 Å². The van der Waals surface area contributed by atoms with E-state index in [4.69, 9.17) is 41.6 Å². The summed E-state index contributed by atoms with van der Waals surface area (Å²) in [6.07, 6.45) is -7.17. The molecule has 2 aliphatic rings. The predicted octanol–water partition coefficient (Wildman–Crippen LogP) is 1.57. The van der Waals surface area contributed by atoms with E-state index in [0.717, 1.165) is 32.7 Å². The lowest BCUT2D eigenvalue weighted by atomic mass is 9.97. The van der Waals surface area contributed by atoms with Crippen LogP contribution in [0.2, 0.25) is 0 Å². The first-order chi connectivity index (χ1) is 18.7. The Balaban J connectivity index is 2.07. The third-order valence-corrected chi connectivity index (χ3v) is 6.66. The van der Waals surface area contributed by atoms with Gasteiger partial charge in [0.05, 0.1) is 11.3 Å². The van der Waals surface area contributed by atoms with Crippen LogP contribution in [0.15, 0.2) is 26.1 Å². The maximum Gasteiger partial charge on any atom is 0.303 e. The molecule has 0 saturated carbocycles. The molecule has 17 heteroatoms. The Hall–Kier alpha value is -3.15. The number of ketones is 1. The van der Waals surface area contributed by atoms with Crippen LogP contribution in [0.3, 0.4) is 0 Å². The molecule has 14 nitrogen and oxygen atoms in total. The molecule has 1 aromatic rings. The molecule has 2 aliphatic heterocycles. The molecule has 0 spiro atoms. The molecule has 1 aromatic carbocycles. The molecule has 3 N–H and O–H groups in total. The Kier molecular flexibility index (Phi) is 10.2. The van der Waals surface area contributed by atoms with E-state index in [-0.39, 0.29) is 11.4 Å². The monoisotopic (exact) mass is 706 g/mol. The number of hydrazine groups is 1. The third kappa shape index (κ3) is 7.32. The van der Waals surface area contributed by atoms with Gasteiger partial charge < -0.3 is 29.4 Å². The summed E-state index contributed by atoms with van der Waals surface area (Å²) in [6.45, 7) is 3.95. The van der Waals surface area contributed by atoms with Crippen molar-refractivity contribution in [3.8, 4) is 0 Å². The Morgan fingerprint density at radius 3 is 2.12 bits per heavy atom. The van der Waals surface area contributed by atoms with Crippen molar-refractivity contribution in [2.75, 3.05) is 6.61 Å². The summed E-state index contributed by atoms with van der Waals surface area (Å²) in [5, 5.41) is 0.572. The van der Waals surface area contributed by atoms with E-state index in [1.807, 2.05) is 0 Å². The van der Waals surface area contributed by atoms with E-state index in [9.17, 15) is 24.0 Å². The van der Waals surface area contributed by atoms with Gasteiger partial charge in [-0.2, -0.15) is 0 Å². The number of esters is 4. The molecule has 0 aromatic heterocycles. The topological polar surface area (TPSA) is 185 Å². The van der Waals surface area contributed by atoms with E-state index in [1.54, 1.807) is 12.1 Å². The van der Waals surface area contributed by atoms with Gasteiger partial charge >= 0.3 is 23.9 Å². The molecule has 0 radical (unpaired) electrons. The molecule has 0 unspecified atom stereocenters. The third-order valence-electron chi connectivity index (χ3n) is 5.40. The second kappa shape index (κ2) is 13.0. The second-order valence-corrected chi connectivity index (χ2v) is 10.7. The maximum atomic E-state index is 13.2. The summed E-state index contributed by atoms with van der Waals surface area (Å²) >= 11 is 11.9. The molecule has 0 amide bonds. The number of aliphatic imine (C=N–C) groups is 1. The van der Waals surface area contributed by atoms with Gasteiger partial charge in [0.2, 0.25) is 5.78 Å². The van der Waals surface area contributed by atoms with Crippen LogP contribution in [-0.2, 0) is 42.9 Å². The number of nitrogens with two attached hydrogens (primary N) is 1. The molecular weight excluding hydrogens is 684 g/mol. The van der Waals surface area contributed by atoms with Crippen molar-refractivity contribution >= 4 is 90.4 Å². The molecule has 216 valence electrons. The van der Waals surface area contributed by atoms with Gasteiger partial charge in [0.25, 0.3) is 0 Å². The quantitative estimate of drug-likeness (QED) is 0.188. The van der Waals surface area contributed by atoms with E-state index < -0.39 is 72.0 Å². The lowest BCUT2D eigenvalue weighted by Crippen LogP contribution is -2.70. The summed E-state index contributed by atoms with van der Waals surface area (Å²) in [6, 6.07) is 3.27. The lowest BCUT2D eigenvalue weighted by Gasteiger charge is -2.47. The molecule has 3 rings (SSSR count). The number of ether oxygens (including phenoxy) is 5. The zero-order valence-electron chi connectivity index (χ0n) is 21.5. The molecule has 1 saturated heterocycles. The highest BCUT2D eigenvalue weighted by molar-refractivity contribution is 9.11. The molecular formula is C23H24Br2N4O10S. The fourth-order valence-electron chi connectivity index (χ4n) is 3.99. The Morgan fingerprint density at radius 1 is 1.00 bits per heavy atom. The van der Waals surface area contributed by atoms with Crippen LogP contribution >= 0.6 is 44.1 Å². The van der Waals surface area contributed by atoms with Crippen LogP contribution in [-0.4, -0.2) is 82.9 Å². The highest BCUT2D eigenvalue weighted by Crippen LogP contribution is 2.37. The van der Waals surface area contributed by atoms with Gasteiger partial charge in [-0.3, -0.25) is 29.4 Å². The number of fused-ring (bicyclic) bond motifs is 1. The summed E-state index contributed by atoms with van der Waals surface area (Å²) in [7, 11) is 0. The number of carbonyl (C=O) groups excluding carboxylic acids is 5. The Morgan fingerprint density at radius 2 is 1.57 bits per heavy atom. The number of halogens is 2. The molecule has 2 heterocycles. The minimum atomic E-state index is -1.52. The highest BCUT2D eigenvalue weighted by atomic mass is 79.9. The van der Waals surface area contributed by atoms with Crippen molar-refractivity contribution < 1.29 is 47.7 Å². The molecule has 0 bridgehead atoms. The van der Waals surface area contributed by atoms with Crippen LogP contribution < -0.4 is 11.2 Å². The number of nitrogens with one attached hydrogen (secondary N) is 1. The SMILES string of the molecule is CC(=O)OC[C@H]1O[C@@H](N(NC2=Nc3c(Br)cc(Br)cc3C2=O)C(N)=S)[C@H](OC(C)=O)[C@@H](OC(C)=O)[C@H]1OC(C)=O. The number of hydrogen-bond acceptors (Lipinski definition) is 13. The number of rotatable bonds is 6. The zero-order valence-corrected chi connectivity index (χ0v) is 25.5. The van der Waals surface area contributed by atoms with Crippen molar-refractivity contribution in [1.82, 2.24) is 10.4 Å². The summed E-state index contributed by atoms with van der Waals surface area (Å²) in [5.41, 5.74) is 9.28. The number of nitrogens with zero attached hydrogens (tertiary/aromatic N) is 2. The summed E-state index contributed by atoms with van der Waals surface area (Å²) in [4.78, 5) is 65.2. The number of hydrogen-bond donors (Lipinski definition) is 2. The average molecular weight is 708 g/mol. The molecule has 1 fully saturated rings. The summed E-state index contributed by atoms with van der Waals surface area (Å²) < 4.78 is 28.5. The van der Waals surface area contributed by atoms with Gasteiger partial charge in [0.15, 0.2) is 35.5 Å². The van der Waals surface area contributed by atoms with Gasteiger partial charge in [0.1, 0.15) is 12.7 Å². The lowest BCUT2D eigenvalue weighted by molar-refractivity contribution is -0.273. The van der Waals surface area contributed by atoms with Crippen molar-refractivity contribution in [1.29, 1.82) is 0 Å². The predicted molar refractivity (Wildman–Crippen MR) is 147 cm³/mol. The largest absolute Gasteiger partial charge is 0.463 e. The first-order valence-electron chi connectivity index (χ1n) is 11.5. The first-order valence-corrected chi connectivity index (χ1v) is 13.5. The zero-order chi connectivity index (χ0) is 29.9. The molecule has 40 heavy (non-hydrogen) atoms. The number of thiocarbonyl (C=S) groups is 1. The summed E-state index contributed by atoms with van der Waals surface area (Å²) in [5.74, 6) is -3.85. The number of benzene rings is 1. The van der Waals surface area contributed by atoms with Crippen molar-refractivity contribution in [2.24, 2.45) is 10.7 Å². The van der Waals surface area contributed by atoms with Gasteiger partial charge in [0, 0.05) is 36.6 Å². The number of carbonyl (C=O) groups is 5. The standard InChI is InChI=1S/C23H24Br2N4O10S/c1-8(30)35-7-15-18(36-9(2)31)19(37-10(3)32)20(38-11(4)33)22(39-15)29(23(26)40)28-21-17(34)13-5-12(24)6-14(25)16(13)27-21/h5-6,15,18-20,22H,7H2,1-4H3,(H2,26,40)(H,27,28,34)/t15-,18+,19+,20-,22-/m1/s1. The van der Waals surface area contributed by atoms with E-state index in [1.165, 1.54) is 0 Å². The van der Waals surface area contributed by atoms with E-state index in [2.05, 4.69) is 42.3 Å². The smallest absolute Gasteiger partial charge is 0.303 e. The highest BCUT2D eigenvalue weighted by Gasteiger charge is 2.54. The Bertz CT molecular complexity index is 1290. The van der Waals surface area contributed by atoms with Crippen LogP contribution in [0.5, 0.6) is 0 Å². The molecule has 0 aliphatic carbocycles. The average Bonchev–Trinajstić information content (AvgIpc) is 3.13. The minimum Gasteiger partial charge on any atom is -0.463 e. The fourth-order valence-corrected chi connectivity index (χ4v) is 5.45. The number of Topliss-reactive ketones (excluding diaryl/α,β-unsaturated/α-hetero) is 1. The van der Waals surface area contributed by atoms with Gasteiger partial charge in [-0.1, -0.05) is 15.9 Å². The van der Waals surface area contributed by atoms with Gasteiger partial charge in [-0.15, -0.1) is 0 Å². The fraction of sp³-hybridized carbons (Fsp3) is 0.435. The first kappa shape index (κ1) is 31.4. The van der Waals surface area contributed by atoms with E-state index >= 15 is 0 Å². The maximum absolute atomic E-state index is 13.2. The van der Waals surface area contributed by atoms with Crippen molar-refractivity contribution in [3.05, 3.63) is 26.6 Å². The van der Waals surface area contributed by atoms with Crippen molar-refractivity contribution in [2.45, 2.75) is 58.3 Å².